The van der Waals surface area contributed by atoms with Gasteiger partial charge in [0.25, 0.3) is 0 Å². The Hall–Kier alpha value is 0.460. The van der Waals surface area contributed by atoms with Crippen molar-refractivity contribution in [3.8, 4) is 0 Å². The zero-order valence-electron chi connectivity index (χ0n) is 6.71. The Balaban J connectivity index is 3.60. The van der Waals surface area contributed by atoms with Crippen molar-refractivity contribution in [2.75, 3.05) is 5.73 Å². The Morgan fingerprint density at radius 1 is 1.20 bits per heavy atom. The molecule has 1 rings (SSSR count). The highest BCUT2D eigenvalue weighted by atomic mass is 79.9. The molecule has 0 saturated heterocycles. The SMILES string of the molecule is [2H]c1c(Br)c([2H])c(Br)c(N)c1Br. The predicted molar refractivity (Wildman–Crippen MR) is 54.0 cm³/mol. The molecule has 0 amide bonds. The van der Waals surface area contributed by atoms with Gasteiger partial charge in [0.15, 0.2) is 0 Å². The number of halogens is 3. The topological polar surface area (TPSA) is 26.0 Å². The molecule has 0 aliphatic carbocycles. The average molecular weight is 332 g/mol. The van der Waals surface area contributed by atoms with Gasteiger partial charge in [0.2, 0.25) is 0 Å². The van der Waals surface area contributed by atoms with Gasteiger partial charge in [0.1, 0.15) is 0 Å². The van der Waals surface area contributed by atoms with Crippen LogP contribution in [0.2, 0.25) is 0 Å². The fourth-order valence-electron chi connectivity index (χ4n) is 0.455. The molecule has 1 aromatic rings. The summed E-state index contributed by atoms with van der Waals surface area (Å²) >= 11 is 9.44. The van der Waals surface area contributed by atoms with Crippen LogP contribution >= 0.6 is 47.8 Å². The summed E-state index contributed by atoms with van der Waals surface area (Å²) in [6, 6.07) is 0.390. The average Bonchev–Trinajstić information content (AvgIpc) is 2.08. The van der Waals surface area contributed by atoms with Crippen LogP contribution in [0.3, 0.4) is 0 Å². The van der Waals surface area contributed by atoms with Crippen LogP contribution in [0, 0.1) is 0 Å². The van der Waals surface area contributed by atoms with Gasteiger partial charge in [-0.1, -0.05) is 15.9 Å². The Kier molecular flexibility index (Phi) is 1.95. The van der Waals surface area contributed by atoms with E-state index in [-0.39, 0.29) is 12.1 Å². The molecule has 10 heavy (non-hydrogen) atoms. The highest BCUT2D eigenvalue weighted by Gasteiger charge is 2.00. The summed E-state index contributed by atoms with van der Waals surface area (Å²) < 4.78 is 16.4. The molecule has 1 aromatic carbocycles. The molecule has 0 aliphatic rings. The Morgan fingerprint density at radius 3 is 2.00 bits per heavy atom. The van der Waals surface area contributed by atoms with E-state index in [4.69, 9.17) is 8.48 Å². The molecule has 4 heteroatoms. The zero-order chi connectivity index (χ0) is 9.46. The molecule has 0 saturated carbocycles. The largest absolute Gasteiger partial charge is 0.397 e. The minimum Gasteiger partial charge on any atom is -0.397 e. The van der Waals surface area contributed by atoms with Crippen molar-refractivity contribution < 1.29 is 2.74 Å². The minimum absolute atomic E-state index is 0.195. The van der Waals surface area contributed by atoms with Gasteiger partial charge in [-0.05, 0) is 43.9 Å². The lowest BCUT2D eigenvalue weighted by Gasteiger charge is -2.00. The first-order valence-corrected chi connectivity index (χ1v) is 4.73. The molecule has 0 atom stereocenters. The molecule has 0 bridgehead atoms. The van der Waals surface area contributed by atoms with Gasteiger partial charge in [-0.15, -0.1) is 0 Å². The zero-order valence-corrected chi connectivity index (χ0v) is 9.47. The molecular formula is C6H4Br3N. The van der Waals surface area contributed by atoms with Gasteiger partial charge in [-0.25, -0.2) is 0 Å². The van der Waals surface area contributed by atoms with Gasteiger partial charge in [-0.3, -0.25) is 0 Å². The van der Waals surface area contributed by atoms with E-state index in [2.05, 4.69) is 47.8 Å². The van der Waals surface area contributed by atoms with Crippen LogP contribution in [-0.4, -0.2) is 0 Å². The van der Waals surface area contributed by atoms with Crippen LogP contribution in [-0.2, 0) is 0 Å². The van der Waals surface area contributed by atoms with Crippen molar-refractivity contribution in [1.82, 2.24) is 0 Å². The smallest absolute Gasteiger partial charge is 0.0647 e. The molecule has 2 N–H and O–H groups in total. The lowest BCUT2D eigenvalue weighted by Crippen LogP contribution is -1.87. The van der Waals surface area contributed by atoms with Gasteiger partial charge in [0, 0.05) is 13.4 Å². The Bertz CT molecular complexity index is 235. The van der Waals surface area contributed by atoms with E-state index in [0.717, 1.165) is 0 Å². The summed E-state index contributed by atoms with van der Waals surface area (Å²) in [7, 11) is 0. The van der Waals surface area contributed by atoms with Crippen LogP contribution in [0.1, 0.15) is 2.74 Å². The normalized spacial score (nSPS) is 12.7. The van der Waals surface area contributed by atoms with E-state index in [1.54, 1.807) is 0 Å². The summed E-state index contributed by atoms with van der Waals surface area (Å²) in [4.78, 5) is 0. The monoisotopic (exact) mass is 329 g/mol. The number of hydrogen-bond donors (Lipinski definition) is 1. The van der Waals surface area contributed by atoms with Crippen LogP contribution < -0.4 is 5.73 Å². The van der Waals surface area contributed by atoms with Gasteiger partial charge < -0.3 is 5.73 Å². The Labute approximate surface area is 87.2 Å². The third-order valence-corrected chi connectivity index (χ3v) is 2.56. The van der Waals surface area contributed by atoms with E-state index in [0.29, 0.717) is 19.1 Å². The van der Waals surface area contributed by atoms with Crippen LogP contribution in [0.4, 0.5) is 5.69 Å². The van der Waals surface area contributed by atoms with Crippen LogP contribution in [0.25, 0.3) is 0 Å². The second-order valence-corrected chi connectivity index (χ2v) is 3.98. The molecule has 0 spiro atoms. The van der Waals surface area contributed by atoms with E-state index in [9.17, 15) is 0 Å². The molecule has 0 fully saturated rings. The summed E-state index contributed by atoms with van der Waals surface area (Å²) in [6.45, 7) is 0. The van der Waals surface area contributed by atoms with Crippen molar-refractivity contribution >= 4 is 53.5 Å². The van der Waals surface area contributed by atoms with Crippen LogP contribution in [0.5, 0.6) is 0 Å². The number of anilines is 1. The van der Waals surface area contributed by atoms with Crippen molar-refractivity contribution in [2.24, 2.45) is 0 Å². The highest BCUT2D eigenvalue weighted by molar-refractivity contribution is 9.11. The Morgan fingerprint density at radius 2 is 1.60 bits per heavy atom. The molecule has 0 radical (unpaired) electrons. The maximum absolute atomic E-state index is 7.51. The van der Waals surface area contributed by atoms with Crippen molar-refractivity contribution in [2.45, 2.75) is 0 Å². The summed E-state index contributed by atoms with van der Waals surface area (Å²) in [6.07, 6.45) is 0. The van der Waals surface area contributed by atoms with E-state index in [1.807, 2.05) is 0 Å². The fourth-order valence-corrected chi connectivity index (χ4v) is 2.44. The molecule has 0 aliphatic heterocycles. The third kappa shape index (κ3) is 1.74. The summed E-state index contributed by atoms with van der Waals surface area (Å²) in [5, 5.41) is 0. The summed E-state index contributed by atoms with van der Waals surface area (Å²) in [5.41, 5.74) is 5.98. The number of nitrogens with two attached hydrogens (primary N) is 1. The fraction of sp³-hybridized carbons (Fsp3) is 0. The number of hydrogen-bond acceptors (Lipinski definition) is 1. The van der Waals surface area contributed by atoms with Crippen molar-refractivity contribution in [3.05, 3.63) is 25.5 Å². The lowest BCUT2D eigenvalue weighted by molar-refractivity contribution is 1.55. The van der Waals surface area contributed by atoms with Crippen LogP contribution in [0.15, 0.2) is 25.5 Å². The predicted octanol–water partition coefficient (Wildman–Crippen LogP) is 3.56. The standard InChI is InChI=1S/C6H4Br3N/c7-3-1-4(8)6(10)5(9)2-3/h1-2H,10H2/i1D,2D. The van der Waals surface area contributed by atoms with Crippen molar-refractivity contribution in [3.63, 3.8) is 0 Å². The molecule has 0 unspecified atom stereocenters. The quantitative estimate of drug-likeness (QED) is 0.723. The first kappa shape index (κ1) is 6.03. The molecule has 0 heterocycles. The number of rotatable bonds is 0. The van der Waals surface area contributed by atoms with E-state index >= 15 is 0 Å². The third-order valence-electron chi connectivity index (χ3n) is 0.912. The van der Waals surface area contributed by atoms with E-state index < -0.39 is 0 Å². The maximum Gasteiger partial charge on any atom is 0.0647 e. The summed E-state index contributed by atoms with van der Waals surface area (Å²) in [5.74, 6) is 0. The first-order chi connectivity index (χ1) is 5.46. The highest BCUT2D eigenvalue weighted by Crippen LogP contribution is 2.31. The second kappa shape index (κ2) is 3.24. The molecule has 54 valence electrons. The van der Waals surface area contributed by atoms with Crippen molar-refractivity contribution in [1.29, 1.82) is 0 Å². The van der Waals surface area contributed by atoms with E-state index in [1.165, 1.54) is 0 Å². The number of benzene rings is 1. The molecular weight excluding hydrogens is 326 g/mol. The molecule has 1 nitrogen and oxygen atoms in total. The second-order valence-electron chi connectivity index (χ2n) is 1.61. The van der Waals surface area contributed by atoms with Gasteiger partial charge >= 0.3 is 0 Å². The van der Waals surface area contributed by atoms with Gasteiger partial charge in [0.05, 0.1) is 8.43 Å². The maximum atomic E-state index is 7.51. The first-order valence-electron chi connectivity index (χ1n) is 3.36. The minimum atomic E-state index is 0.195. The lowest BCUT2D eigenvalue weighted by atomic mass is 10.3. The molecule has 0 aromatic heterocycles. The van der Waals surface area contributed by atoms with Gasteiger partial charge in [-0.2, -0.15) is 0 Å². The number of nitrogen functional groups attached to an aromatic ring is 1.